The molecule has 0 bridgehead atoms. The Bertz CT molecular complexity index is 438. The van der Waals surface area contributed by atoms with E-state index >= 15 is 0 Å². The summed E-state index contributed by atoms with van der Waals surface area (Å²) in [6, 6.07) is 5.33. The molecular weight excluding hydrogens is 246 g/mol. The molecule has 106 valence electrons. The van der Waals surface area contributed by atoms with Crippen LogP contribution in [0.25, 0.3) is 0 Å². The Balaban J connectivity index is 2.65. The van der Waals surface area contributed by atoms with Crippen LogP contribution in [0.1, 0.15) is 20.8 Å². The SMILES string of the molecule is COc1ccc(NCC(=O)OC(C)(C)C)c(OC)c1. The number of hydrogen-bond acceptors (Lipinski definition) is 5. The Morgan fingerprint density at radius 1 is 1.21 bits per heavy atom. The molecule has 1 aromatic rings. The number of esters is 1. The fourth-order valence-corrected chi connectivity index (χ4v) is 1.49. The summed E-state index contributed by atoms with van der Waals surface area (Å²) in [7, 11) is 3.15. The monoisotopic (exact) mass is 267 g/mol. The van der Waals surface area contributed by atoms with Crippen molar-refractivity contribution < 1.29 is 19.0 Å². The predicted octanol–water partition coefficient (Wildman–Crippen LogP) is 2.46. The van der Waals surface area contributed by atoms with Crippen molar-refractivity contribution in [1.82, 2.24) is 0 Å². The highest BCUT2D eigenvalue weighted by Crippen LogP contribution is 2.28. The van der Waals surface area contributed by atoms with Gasteiger partial charge in [0.15, 0.2) is 0 Å². The van der Waals surface area contributed by atoms with Crippen LogP contribution in [-0.2, 0) is 9.53 Å². The minimum Gasteiger partial charge on any atom is -0.497 e. The smallest absolute Gasteiger partial charge is 0.325 e. The molecule has 0 fully saturated rings. The molecule has 1 N–H and O–H groups in total. The summed E-state index contributed by atoms with van der Waals surface area (Å²) in [6.45, 7) is 5.58. The molecule has 5 nitrogen and oxygen atoms in total. The van der Waals surface area contributed by atoms with Crippen molar-refractivity contribution in [2.75, 3.05) is 26.1 Å². The van der Waals surface area contributed by atoms with E-state index in [2.05, 4.69) is 5.32 Å². The van der Waals surface area contributed by atoms with Crippen molar-refractivity contribution in [2.45, 2.75) is 26.4 Å². The first kappa shape index (κ1) is 15.1. The predicted molar refractivity (Wildman–Crippen MR) is 73.9 cm³/mol. The summed E-state index contributed by atoms with van der Waals surface area (Å²) < 4.78 is 15.5. The zero-order valence-corrected chi connectivity index (χ0v) is 12.1. The van der Waals surface area contributed by atoms with Crippen LogP contribution in [0.4, 0.5) is 5.69 Å². The van der Waals surface area contributed by atoms with Crippen LogP contribution >= 0.6 is 0 Å². The van der Waals surface area contributed by atoms with Crippen molar-refractivity contribution in [3.05, 3.63) is 18.2 Å². The summed E-state index contributed by atoms with van der Waals surface area (Å²) in [4.78, 5) is 11.6. The molecule has 0 spiro atoms. The largest absolute Gasteiger partial charge is 0.497 e. The highest BCUT2D eigenvalue weighted by Gasteiger charge is 2.16. The first-order valence-corrected chi connectivity index (χ1v) is 6.03. The maximum Gasteiger partial charge on any atom is 0.325 e. The summed E-state index contributed by atoms with van der Waals surface area (Å²) >= 11 is 0. The van der Waals surface area contributed by atoms with Gasteiger partial charge in [-0.1, -0.05) is 0 Å². The number of nitrogens with one attached hydrogen (secondary N) is 1. The van der Waals surface area contributed by atoms with Gasteiger partial charge in [0.25, 0.3) is 0 Å². The lowest BCUT2D eigenvalue weighted by atomic mass is 10.2. The first-order chi connectivity index (χ1) is 8.85. The zero-order chi connectivity index (χ0) is 14.5. The van der Waals surface area contributed by atoms with E-state index in [4.69, 9.17) is 14.2 Å². The molecule has 1 aromatic carbocycles. The van der Waals surface area contributed by atoms with Crippen molar-refractivity contribution in [1.29, 1.82) is 0 Å². The number of hydrogen-bond donors (Lipinski definition) is 1. The van der Waals surface area contributed by atoms with Gasteiger partial charge in [0.05, 0.1) is 19.9 Å². The second kappa shape index (κ2) is 6.31. The highest BCUT2D eigenvalue weighted by molar-refractivity contribution is 5.76. The van der Waals surface area contributed by atoms with Gasteiger partial charge in [-0.05, 0) is 32.9 Å². The van der Waals surface area contributed by atoms with Gasteiger partial charge in [-0.15, -0.1) is 0 Å². The van der Waals surface area contributed by atoms with Crippen LogP contribution in [0.3, 0.4) is 0 Å². The quantitative estimate of drug-likeness (QED) is 0.830. The van der Waals surface area contributed by atoms with Crippen LogP contribution in [0, 0.1) is 0 Å². The molecule has 19 heavy (non-hydrogen) atoms. The molecule has 0 aliphatic rings. The van der Waals surface area contributed by atoms with E-state index in [0.717, 1.165) is 0 Å². The molecule has 0 heterocycles. The molecule has 0 aliphatic heterocycles. The second-order valence-electron chi connectivity index (χ2n) is 5.01. The third kappa shape index (κ3) is 5.07. The normalized spacial score (nSPS) is 10.8. The number of ether oxygens (including phenoxy) is 3. The summed E-state index contributed by atoms with van der Waals surface area (Å²) in [5, 5.41) is 2.98. The van der Waals surface area contributed by atoms with E-state index in [1.165, 1.54) is 0 Å². The Kier molecular flexibility index (Phi) is 5.03. The fraction of sp³-hybridized carbons (Fsp3) is 0.500. The number of carbonyl (C=O) groups excluding carboxylic acids is 1. The molecule has 0 aliphatic carbocycles. The molecule has 1 rings (SSSR count). The van der Waals surface area contributed by atoms with Crippen LogP contribution in [0.2, 0.25) is 0 Å². The lowest BCUT2D eigenvalue weighted by Gasteiger charge is -2.20. The molecule has 0 saturated heterocycles. The van der Waals surface area contributed by atoms with Crippen molar-refractivity contribution in [3.8, 4) is 11.5 Å². The van der Waals surface area contributed by atoms with E-state index in [9.17, 15) is 4.79 Å². The summed E-state index contributed by atoms with van der Waals surface area (Å²) in [5.74, 6) is 0.993. The molecule has 0 radical (unpaired) electrons. The Morgan fingerprint density at radius 2 is 1.89 bits per heavy atom. The maximum atomic E-state index is 11.6. The third-order valence-electron chi connectivity index (χ3n) is 2.25. The van der Waals surface area contributed by atoms with Gasteiger partial charge >= 0.3 is 5.97 Å². The minimum absolute atomic E-state index is 0.0833. The fourth-order valence-electron chi connectivity index (χ4n) is 1.49. The van der Waals surface area contributed by atoms with Crippen LogP contribution in [0.5, 0.6) is 11.5 Å². The molecule has 0 saturated carbocycles. The van der Waals surface area contributed by atoms with E-state index in [1.807, 2.05) is 20.8 Å². The van der Waals surface area contributed by atoms with Gasteiger partial charge in [-0.2, -0.15) is 0 Å². The third-order valence-corrected chi connectivity index (χ3v) is 2.25. The first-order valence-electron chi connectivity index (χ1n) is 6.03. The van der Waals surface area contributed by atoms with E-state index in [-0.39, 0.29) is 12.5 Å². The van der Waals surface area contributed by atoms with Crippen molar-refractivity contribution in [3.63, 3.8) is 0 Å². The number of carbonyl (C=O) groups is 1. The van der Waals surface area contributed by atoms with Gasteiger partial charge in [-0.25, -0.2) is 0 Å². The molecule has 5 heteroatoms. The van der Waals surface area contributed by atoms with Crippen molar-refractivity contribution >= 4 is 11.7 Å². The van der Waals surface area contributed by atoms with Gasteiger partial charge in [0.2, 0.25) is 0 Å². The van der Waals surface area contributed by atoms with Crippen LogP contribution in [-0.4, -0.2) is 32.3 Å². The Labute approximate surface area is 113 Å². The van der Waals surface area contributed by atoms with E-state index in [1.54, 1.807) is 32.4 Å². The Morgan fingerprint density at radius 3 is 2.42 bits per heavy atom. The summed E-state index contributed by atoms with van der Waals surface area (Å²) in [5.41, 5.74) is 0.233. The molecule has 0 unspecified atom stereocenters. The average molecular weight is 267 g/mol. The Hall–Kier alpha value is -1.91. The second-order valence-corrected chi connectivity index (χ2v) is 5.01. The number of benzene rings is 1. The zero-order valence-electron chi connectivity index (χ0n) is 12.1. The summed E-state index contributed by atoms with van der Waals surface area (Å²) in [6.07, 6.45) is 0. The van der Waals surface area contributed by atoms with Gasteiger partial charge in [0, 0.05) is 6.07 Å². The maximum absolute atomic E-state index is 11.6. The number of methoxy groups -OCH3 is 2. The average Bonchev–Trinajstić information content (AvgIpc) is 2.34. The van der Waals surface area contributed by atoms with Crippen LogP contribution in [0.15, 0.2) is 18.2 Å². The molecular formula is C14H21NO4. The van der Waals surface area contributed by atoms with Crippen LogP contribution < -0.4 is 14.8 Å². The topological polar surface area (TPSA) is 56.8 Å². The standard InChI is InChI=1S/C14H21NO4/c1-14(2,3)19-13(16)9-15-11-7-6-10(17-4)8-12(11)18-5/h6-8,15H,9H2,1-5H3. The minimum atomic E-state index is -0.483. The van der Waals surface area contributed by atoms with Crippen molar-refractivity contribution in [2.24, 2.45) is 0 Å². The molecule has 0 amide bonds. The van der Waals surface area contributed by atoms with Gasteiger partial charge in [0.1, 0.15) is 23.6 Å². The highest BCUT2D eigenvalue weighted by atomic mass is 16.6. The molecule has 0 atom stereocenters. The number of anilines is 1. The lowest BCUT2D eigenvalue weighted by Crippen LogP contribution is -2.28. The number of rotatable bonds is 5. The van der Waals surface area contributed by atoms with Gasteiger partial charge in [-0.3, -0.25) is 4.79 Å². The van der Waals surface area contributed by atoms with Gasteiger partial charge < -0.3 is 19.5 Å². The van der Waals surface area contributed by atoms with E-state index < -0.39 is 5.60 Å². The lowest BCUT2D eigenvalue weighted by molar-refractivity contribution is -0.152. The molecule has 0 aromatic heterocycles. The van der Waals surface area contributed by atoms with E-state index in [0.29, 0.717) is 17.2 Å².